The van der Waals surface area contributed by atoms with Crippen LogP contribution in [0, 0.1) is 0 Å². The number of hydrogen-bond donors (Lipinski definition) is 1. The number of rotatable bonds is 2. The molecule has 0 heterocycles. The van der Waals surface area contributed by atoms with Crippen molar-refractivity contribution in [2.24, 2.45) is 0 Å². The summed E-state index contributed by atoms with van der Waals surface area (Å²) in [4.78, 5) is 0. The summed E-state index contributed by atoms with van der Waals surface area (Å²) in [5.41, 5.74) is 4.25. The smallest absolute Gasteiger partial charge is 0.0225 e. The predicted octanol–water partition coefficient (Wildman–Crippen LogP) is 0.976. The highest BCUT2D eigenvalue weighted by Crippen LogP contribution is 1.87. The molecule has 0 aromatic rings. The zero-order valence-corrected chi connectivity index (χ0v) is 6.02. The molecule has 0 bridgehead atoms. The normalized spacial score (nSPS) is 8.50. The minimum Gasteiger partial charge on any atom is -0.319 e. The molecule has 0 fully saturated rings. The molecule has 8 heavy (non-hydrogen) atoms. The van der Waals surface area contributed by atoms with Crippen molar-refractivity contribution in [1.29, 1.82) is 0 Å². The third-order valence-corrected chi connectivity index (χ3v) is 0.805. The molecule has 0 spiro atoms. The maximum Gasteiger partial charge on any atom is 0.0225 e. The average Bonchev–Trinajstić information content (AvgIpc) is 1.65. The zero-order chi connectivity index (χ0) is 6.57. The van der Waals surface area contributed by atoms with Gasteiger partial charge in [0.05, 0.1) is 0 Å². The number of nitrogens with zero attached hydrogens (tertiary/aromatic N) is 1. The fourth-order valence-corrected chi connectivity index (χ4v) is 0.452. The number of hydrogen-bond acceptors (Lipinski definition) is 2. The Balaban J connectivity index is 3.51. The topological polar surface area (TPSA) is 15.3 Å². The lowest BCUT2D eigenvalue weighted by Gasteiger charge is -2.11. The Kier molecular flexibility index (Phi) is 3.28. The summed E-state index contributed by atoms with van der Waals surface area (Å²) in [6, 6.07) is 0. The minimum atomic E-state index is 1.29. The highest BCUT2D eigenvalue weighted by Gasteiger charge is 1.80. The van der Waals surface area contributed by atoms with Crippen molar-refractivity contribution in [3.05, 3.63) is 11.8 Å². The van der Waals surface area contributed by atoms with Gasteiger partial charge in [-0.25, -0.2) is 5.43 Å². The third-order valence-electron chi connectivity index (χ3n) is 0.805. The van der Waals surface area contributed by atoms with E-state index in [1.54, 1.807) is 0 Å². The molecule has 2 heteroatoms. The summed E-state index contributed by atoms with van der Waals surface area (Å²) in [5.74, 6) is 0. The lowest BCUT2D eigenvalue weighted by molar-refractivity contribution is 0.362. The molecule has 0 aliphatic carbocycles. The molecule has 0 aromatic carbocycles. The van der Waals surface area contributed by atoms with E-state index in [2.05, 4.69) is 19.3 Å². The minimum absolute atomic E-state index is 1.29. The molecule has 48 valence electrons. The average molecular weight is 114 g/mol. The van der Waals surface area contributed by atoms with Crippen molar-refractivity contribution in [2.75, 3.05) is 14.1 Å². The highest BCUT2D eigenvalue weighted by atomic mass is 15.5. The maximum absolute atomic E-state index is 2.95. The van der Waals surface area contributed by atoms with Crippen LogP contribution in [0.4, 0.5) is 0 Å². The molecule has 2 nitrogen and oxygen atoms in total. The van der Waals surface area contributed by atoms with Crippen LogP contribution in [0.2, 0.25) is 0 Å². The van der Waals surface area contributed by atoms with Gasteiger partial charge in [-0.3, -0.25) is 0 Å². The number of allylic oxidation sites excluding steroid dienone is 1. The molecule has 0 saturated carbocycles. The molecule has 0 radical (unpaired) electrons. The summed E-state index contributed by atoms with van der Waals surface area (Å²) < 4.78 is 0. The fourth-order valence-electron chi connectivity index (χ4n) is 0.452. The summed E-state index contributed by atoms with van der Waals surface area (Å²) in [6.45, 7) is 4.13. The van der Waals surface area contributed by atoms with Crippen LogP contribution in [0.5, 0.6) is 0 Å². The van der Waals surface area contributed by atoms with Crippen LogP contribution in [0.3, 0.4) is 0 Å². The first-order valence-corrected chi connectivity index (χ1v) is 2.72. The molecular formula is C6H14N2. The van der Waals surface area contributed by atoms with Crippen LogP contribution < -0.4 is 5.43 Å². The molecule has 0 aliphatic heterocycles. The summed E-state index contributed by atoms with van der Waals surface area (Å²) >= 11 is 0. The van der Waals surface area contributed by atoms with E-state index in [1.807, 2.05) is 25.3 Å². The van der Waals surface area contributed by atoms with Gasteiger partial charge < -0.3 is 5.01 Å². The Morgan fingerprint density at radius 2 is 2.00 bits per heavy atom. The van der Waals surface area contributed by atoms with E-state index < -0.39 is 0 Å². The van der Waals surface area contributed by atoms with Crippen molar-refractivity contribution >= 4 is 0 Å². The monoisotopic (exact) mass is 114 g/mol. The van der Waals surface area contributed by atoms with Gasteiger partial charge in [0.2, 0.25) is 0 Å². The van der Waals surface area contributed by atoms with Crippen molar-refractivity contribution in [3.63, 3.8) is 0 Å². The van der Waals surface area contributed by atoms with Crippen molar-refractivity contribution < 1.29 is 0 Å². The van der Waals surface area contributed by atoms with Crippen LogP contribution in [0.15, 0.2) is 11.8 Å². The quantitative estimate of drug-likeness (QED) is 0.538. The van der Waals surface area contributed by atoms with Gasteiger partial charge in [0.1, 0.15) is 0 Å². The third kappa shape index (κ3) is 3.68. The molecule has 0 unspecified atom stereocenters. The van der Waals surface area contributed by atoms with Gasteiger partial charge in [-0.15, -0.1) is 0 Å². The lowest BCUT2D eigenvalue weighted by atomic mass is 10.4. The Hall–Kier alpha value is -0.500. The summed E-state index contributed by atoms with van der Waals surface area (Å²) in [5, 5.41) is 1.91. The summed E-state index contributed by atoms with van der Waals surface area (Å²) in [6.07, 6.45) is 2.03. The van der Waals surface area contributed by atoms with Crippen LogP contribution >= 0.6 is 0 Å². The van der Waals surface area contributed by atoms with Gasteiger partial charge in [0, 0.05) is 20.3 Å². The molecule has 0 rings (SSSR count). The van der Waals surface area contributed by atoms with Crippen molar-refractivity contribution in [2.45, 2.75) is 13.8 Å². The SMILES string of the molecule is CNN(C)C=C(C)C. The van der Waals surface area contributed by atoms with Gasteiger partial charge in [-0.2, -0.15) is 0 Å². The lowest BCUT2D eigenvalue weighted by Crippen LogP contribution is -2.24. The van der Waals surface area contributed by atoms with Gasteiger partial charge >= 0.3 is 0 Å². The van der Waals surface area contributed by atoms with E-state index in [9.17, 15) is 0 Å². The first-order chi connectivity index (χ1) is 3.66. The first-order valence-electron chi connectivity index (χ1n) is 2.72. The predicted molar refractivity (Wildman–Crippen MR) is 36.3 cm³/mol. The van der Waals surface area contributed by atoms with Crippen LogP contribution in [0.1, 0.15) is 13.8 Å². The molecular weight excluding hydrogens is 100 g/mol. The second kappa shape index (κ2) is 3.50. The standard InChI is InChI=1S/C6H14N2/c1-6(2)5-8(4)7-3/h5,7H,1-4H3. The van der Waals surface area contributed by atoms with Crippen LogP contribution in [-0.4, -0.2) is 19.1 Å². The zero-order valence-electron chi connectivity index (χ0n) is 6.02. The van der Waals surface area contributed by atoms with E-state index in [0.717, 1.165) is 0 Å². The van der Waals surface area contributed by atoms with Crippen LogP contribution in [-0.2, 0) is 0 Å². The fraction of sp³-hybridized carbons (Fsp3) is 0.667. The highest BCUT2D eigenvalue weighted by molar-refractivity contribution is 4.90. The first kappa shape index (κ1) is 7.50. The maximum atomic E-state index is 2.95. The van der Waals surface area contributed by atoms with E-state index >= 15 is 0 Å². The van der Waals surface area contributed by atoms with Crippen molar-refractivity contribution in [3.8, 4) is 0 Å². The second-order valence-corrected chi connectivity index (χ2v) is 2.04. The Morgan fingerprint density at radius 3 is 2.12 bits per heavy atom. The molecule has 0 aliphatic rings. The Bertz CT molecular complexity index is 82.5. The molecule has 0 saturated heterocycles. The van der Waals surface area contributed by atoms with Gasteiger partial charge in [-0.05, 0) is 13.8 Å². The van der Waals surface area contributed by atoms with E-state index in [-0.39, 0.29) is 0 Å². The van der Waals surface area contributed by atoms with E-state index in [4.69, 9.17) is 0 Å². The number of hydrazine groups is 1. The van der Waals surface area contributed by atoms with Crippen molar-refractivity contribution in [1.82, 2.24) is 10.4 Å². The summed E-state index contributed by atoms with van der Waals surface area (Å²) in [7, 11) is 3.85. The van der Waals surface area contributed by atoms with E-state index in [0.29, 0.717) is 0 Å². The molecule has 0 aromatic heterocycles. The van der Waals surface area contributed by atoms with E-state index in [1.165, 1.54) is 5.57 Å². The Labute approximate surface area is 51.2 Å². The van der Waals surface area contributed by atoms with Gasteiger partial charge in [-0.1, -0.05) is 5.57 Å². The van der Waals surface area contributed by atoms with Gasteiger partial charge in [0.15, 0.2) is 0 Å². The molecule has 1 N–H and O–H groups in total. The largest absolute Gasteiger partial charge is 0.319 e. The second-order valence-electron chi connectivity index (χ2n) is 2.04. The van der Waals surface area contributed by atoms with Gasteiger partial charge in [0.25, 0.3) is 0 Å². The molecule has 0 atom stereocenters. The number of nitrogens with one attached hydrogen (secondary N) is 1. The Morgan fingerprint density at radius 1 is 1.50 bits per heavy atom. The molecule has 0 amide bonds. The van der Waals surface area contributed by atoms with Crippen LogP contribution in [0.25, 0.3) is 0 Å².